The van der Waals surface area contributed by atoms with Crippen LogP contribution in [0.1, 0.15) is 38.1 Å². The molecule has 1 amide bonds. The van der Waals surface area contributed by atoms with E-state index in [-0.39, 0.29) is 5.38 Å². The number of terminal acetylenes is 1. The summed E-state index contributed by atoms with van der Waals surface area (Å²) in [7, 11) is 0. The van der Waals surface area contributed by atoms with Crippen molar-refractivity contribution >= 4 is 23.4 Å². The summed E-state index contributed by atoms with van der Waals surface area (Å²) in [6.07, 6.45) is 5.21. The van der Waals surface area contributed by atoms with Crippen LogP contribution in [-0.4, -0.2) is 11.7 Å². The standard InChI is InChI=1S/C15H18ClNO2/c1-5-6-13(16)11-7-9-12(10-8-11)17-14(18)19-15(2,3)4/h1,7-10,13H,6H2,2-4H3,(H,17,18). The average molecular weight is 280 g/mol. The van der Waals surface area contributed by atoms with Gasteiger partial charge in [-0.15, -0.1) is 23.9 Å². The van der Waals surface area contributed by atoms with Crippen LogP contribution >= 0.6 is 11.6 Å². The Morgan fingerprint density at radius 3 is 2.47 bits per heavy atom. The molecule has 0 fully saturated rings. The molecule has 102 valence electrons. The highest BCUT2D eigenvalue weighted by Crippen LogP contribution is 2.25. The number of hydrogen-bond donors (Lipinski definition) is 1. The second kappa shape index (κ2) is 6.49. The molecule has 0 radical (unpaired) electrons. The van der Waals surface area contributed by atoms with Crippen molar-refractivity contribution in [3.63, 3.8) is 0 Å². The molecule has 4 heteroatoms. The quantitative estimate of drug-likeness (QED) is 0.660. The molecule has 1 N–H and O–H groups in total. The summed E-state index contributed by atoms with van der Waals surface area (Å²) in [4.78, 5) is 11.6. The molecular weight excluding hydrogens is 262 g/mol. The minimum atomic E-state index is -0.516. The van der Waals surface area contributed by atoms with Crippen LogP contribution in [0.4, 0.5) is 10.5 Å². The number of ether oxygens (including phenoxy) is 1. The SMILES string of the molecule is C#CCC(Cl)c1ccc(NC(=O)OC(C)(C)C)cc1. The highest BCUT2D eigenvalue weighted by molar-refractivity contribution is 6.20. The molecule has 1 atom stereocenters. The molecule has 0 aliphatic heterocycles. The Labute approximate surface area is 119 Å². The smallest absolute Gasteiger partial charge is 0.412 e. The molecule has 1 aromatic carbocycles. The molecule has 0 saturated carbocycles. The van der Waals surface area contributed by atoms with Gasteiger partial charge in [0.25, 0.3) is 0 Å². The van der Waals surface area contributed by atoms with Crippen LogP contribution in [0.15, 0.2) is 24.3 Å². The minimum Gasteiger partial charge on any atom is -0.444 e. The van der Waals surface area contributed by atoms with Crippen molar-refractivity contribution in [2.45, 2.75) is 38.2 Å². The van der Waals surface area contributed by atoms with Gasteiger partial charge in [-0.3, -0.25) is 5.32 Å². The van der Waals surface area contributed by atoms with Gasteiger partial charge in [0.2, 0.25) is 0 Å². The fourth-order valence-corrected chi connectivity index (χ4v) is 1.65. The molecule has 1 rings (SSSR count). The number of carbonyl (C=O) groups is 1. The molecule has 3 nitrogen and oxygen atoms in total. The molecule has 0 heterocycles. The van der Waals surface area contributed by atoms with Gasteiger partial charge in [-0.05, 0) is 38.5 Å². The first-order valence-electron chi connectivity index (χ1n) is 5.99. The zero-order chi connectivity index (χ0) is 14.5. The zero-order valence-electron chi connectivity index (χ0n) is 11.4. The summed E-state index contributed by atoms with van der Waals surface area (Å²) in [5.74, 6) is 2.52. The van der Waals surface area contributed by atoms with Crippen molar-refractivity contribution in [1.82, 2.24) is 0 Å². The summed E-state index contributed by atoms with van der Waals surface area (Å²) in [6.45, 7) is 5.44. The van der Waals surface area contributed by atoms with Gasteiger partial charge in [0, 0.05) is 12.1 Å². The third kappa shape index (κ3) is 5.67. The monoisotopic (exact) mass is 279 g/mol. The number of rotatable bonds is 3. The van der Waals surface area contributed by atoms with Gasteiger partial charge in [-0.2, -0.15) is 0 Å². The first-order chi connectivity index (χ1) is 8.81. The van der Waals surface area contributed by atoms with Crippen molar-refractivity contribution in [3.05, 3.63) is 29.8 Å². The predicted octanol–water partition coefficient (Wildman–Crippen LogP) is 4.34. The van der Waals surface area contributed by atoms with E-state index < -0.39 is 11.7 Å². The van der Waals surface area contributed by atoms with Crippen molar-refractivity contribution in [2.75, 3.05) is 5.32 Å². The van der Waals surface area contributed by atoms with E-state index in [1.54, 1.807) is 12.1 Å². The van der Waals surface area contributed by atoms with Crippen LogP contribution in [0.5, 0.6) is 0 Å². The lowest BCUT2D eigenvalue weighted by Crippen LogP contribution is -2.27. The van der Waals surface area contributed by atoms with E-state index in [0.29, 0.717) is 12.1 Å². The number of anilines is 1. The molecule has 1 unspecified atom stereocenters. The minimum absolute atomic E-state index is 0.208. The Kier molecular flexibility index (Phi) is 5.26. The van der Waals surface area contributed by atoms with Gasteiger partial charge in [0.15, 0.2) is 0 Å². The third-order valence-corrected chi connectivity index (χ3v) is 2.62. The Morgan fingerprint density at radius 2 is 2.00 bits per heavy atom. The van der Waals surface area contributed by atoms with Gasteiger partial charge < -0.3 is 4.74 Å². The fourth-order valence-electron chi connectivity index (χ4n) is 1.42. The number of carbonyl (C=O) groups excluding carboxylic acids is 1. The predicted molar refractivity (Wildman–Crippen MR) is 78.3 cm³/mol. The fraction of sp³-hybridized carbons (Fsp3) is 0.400. The number of benzene rings is 1. The second-order valence-corrected chi connectivity index (χ2v) is 5.65. The van der Waals surface area contributed by atoms with Crippen molar-refractivity contribution in [3.8, 4) is 12.3 Å². The number of alkyl halides is 1. The van der Waals surface area contributed by atoms with Crippen molar-refractivity contribution < 1.29 is 9.53 Å². The normalized spacial score (nSPS) is 12.4. The third-order valence-electron chi connectivity index (χ3n) is 2.21. The van der Waals surface area contributed by atoms with Crippen LogP contribution in [0.25, 0.3) is 0 Å². The van der Waals surface area contributed by atoms with E-state index in [1.807, 2.05) is 32.9 Å². The van der Waals surface area contributed by atoms with E-state index >= 15 is 0 Å². The number of hydrogen-bond acceptors (Lipinski definition) is 2. The number of amides is 1. The zero-order valence-corrected chi connectivity index (χ0v) is 12.1. The van der Waals surface area contributed by atoms with Crippen LogP contribution in [0.2, 0.25) is 0 Å². The Hall–Kier alpha value is -1.66. The number of nitrogens with one attached hydrogen (secondary N) is 1. The lowest BCUT2D eigenvalue weighted by molar-refractivity contribution is 0.0636. The molecule has 19 heavy (non-hydrogen) atoms. The molecule has 0 bridgehead atoms. The van der Waals surface area contributed by atoms with Crippen LogP contribution in [-0.2, 0) is 4.74 Å². The number of halogens is 1. The van der Waals surface area contributed by atoms with Gasteiger partial charge >= 0.3 is 6.09 Å². The van der Waals surface area contributed by atoms with Gasteiger partial charge in [-0.25, -0.2) is 4.79 Å². The van der Waals surface area contributed by atoms with Gasteiger partial charge in [0.05, 0.1) is 5.38 Å². The van der Waals surface area contributed by atoms with Crippen LogP contribution in [0.3, 0.4) is 0 Å². The van der Waals surface area contributed by atoms with Crippen molar-refractivity contribution in [2.24, 2.45) is 0 Å². The highest BCUT2D eigenvalue weighted by Gasteiger charge is 2.16. The molecule has 0 aliphatic carbocycles. The maximum absolute atomic E-state index is 11.6. The highest BCUT2D eigenvalue weighted by atomic mass is 35.5. The molecule has 0 spiro atoms. The molecule has 0 aromatic heterocycles. The Morgan fingerprint density at radius 1 is 1.42 bits per heavy atom. The Bertz CT molecular complexity index is 468. The summed E-state index contributed by atoms with van der Waals surface area (Å²) in [5.41, 5.74) is 1.06. The van der Waals surface area contributed by atoms with Crippen LogP contribution in [0, 0.1) is 12.3 Å². The summed E-state index contributed by atoms with van der Waals surface area (Å²) in [5, 5.41) is 2.44. The van der Waals surface area contributed by atoms with Gasteiger partial charge in [-0.1, -0.05) is 12.1 Å². The maximum atomic E-state index is 11.6. The molecule has 1 aromatic rings. The summed E-state index contributed by atoms with van der Waals surface area (Å²) in [6, 6.07) is 7.21. The largest absolute Gasteiger partial charge is 0.444 e. The first kappa shape index (κ1) is 15.4. The molecular formula is C15H18ClNO2. The lowest BCUT2D eigenvalue weighted by atomic mass is 10.1. The summed E-state index contributed by atoms with van der Waals surface area (Å²) < 4.78 is 5.16. The van der Waals surface area contributed by atoms with Crippen molar-refractivity contribution in [1.29, 1.82) is 0 Å². The van der Waals surface area contributed by atoms with E-state index in [1.165, 1.54) is 0 Å². The molecule has 0 aliphatic rings. The topological polar surface area (TPSA) is 38.3 Å². The van der Waals surface area contributed by atoms with Crippen LogP contribution < -0.4 is 5.32 Å². The van der Waals surface area contributed by atoms with E-state index in [2.05, 4.69) is 11.2 Å². The molecule has 0 saturated heterocycles. The maximum Gasteiger partial charge on any atom is 0.412 e. The van der Waals surface area contributed by atoms with E-state index in [4.69, 9.17) is 22.8 Å². The van der Waals surface area contributed by atoms with E-state index in [0.717, 1.165) is 5.56 Å². The Balaban J connectivity index is 2.63. The summed E-state index contributed by atoms with van der Waals surface area (Å²) >= 11 is 6.10. The first-order valence-corrected chi connectivity index (χ1v) is 6.43. The average Bonchev–Trinajstić information content (AvgIpc) is 2.27. The second-order valence-electron chi connectivity index (χ2n) is 5.12. The van der Waals surface area contributed by atoms with E-state index in [9.17, 15) is 4.79 Å². The lowest BCUT2D eigenvalue weighted by Gasteiger charge is -2.19. The van der Waals surface area contributed by atoms with Gasteiger partial charge in [0.1, 0.15) is 5.60 Å².